The van der Waals surface area contributed by atoms with Crippen LogP contribution in [0.25, 0.3) is 11.0 Å². The van der Waals surface area contributed by atoms with Crippen LogP contribution in [0.3, 0.4) is 0 Å². The fourth-order valence-corrected chi connectivity index (χ4v) is 5.08. The smallest absolute Gasteiger partial charge is 0.231 e. The van der Waals surface area contributed by atoms with Crippen molar-refractivity contribution in [1.82, 2.24) is 8.96 Å². The van der Waals surface area contributed by atoms with Gasteiger partial charge in [0.2, 0.25) is 0 Å². The van der Waals surface area contributed by atoms with E-state index in [0.717, 1.165) is 9.54 Å². The number of hydrogen-bond donors (Lipinski definition) is 0. The third-order valence-corrected chi connectivity index (χ3v) is 6.97. The zero-order valence-electron chi connectivity index (χ0n) is 14.5. The second-order valence-electron chi connectivity index (χ2n) is 6.94. The number of hydrogen-bond acceptors (Lipinski definition) is 3. The van der Waals surface area contributed by atoms with Gasteiger partial charge >= 0.3 is 6.18 Å². The minimum atomic E-state index is -4.58. The summed E-state index contributed by atoms with van der Waals surface area (Å²) < 4.78 is 69.2. The summed E-state index contributed by atoms with van der Waals surface area (Å²) in [5, 5.41) is 0. The van der Waals surface area contributed by atoms with Crippen LogP contribution in [0, 0.1) is 6.92 Å². The maximum Gasteiger partial charge on any atom is 0.401 e. The lowest BCUT2D eigenvalue weighted by Gasteiger charge is -2.42. The molecule has 1 aromatic heterocycles. The van der Waals surface area contributed by atoms with Gasteiger partial charge in [0.25, 0.3) is 10.0 Å². The predicted octanol–water partition coefficient (Wildman–Crippen LogP) is 4.57. The standard InChI is InChI=1S/C19H17F3N2O2S/c1-13-7-9-14(10-8-13)27(25,26)24-16-6-3-2-5-15(16)23-17(24)18(11-4-12-18)19(20,21)22/h2-3,5-10H,4,11-12H2,1H3. The summed E-state index contributed by atoms with van der Waals surface area (Å²) in [5.41, 5.74) is -0.984. The molecule has 1 saturated carbocycles. The molecule has 0 N–H and O–H groups in total. The van der Waals surface area contributed by atoms with Gasteiger partial charge in [0, 0.05) is 0 Å². The normalized spacial score (nSPS) is 17.0. The van der Waals surface area contributed by atoms with Crippen molar-refractivity contribution in [3.63, 3.8) is 0 Å². The first-order chi connectivity index (χ1) is 12.7. The van der Waals surface area contributed by atoms with Gasteiger partial charge in [-0.25, -0.2) is 17.4 Å². The Kier molecular flexibility index (Phi) is 3.89. The highest BCUT2D eigenvalue weighted by molar-refractivity contribution is 7.90. The molecule has 2 aromatic carbocycles. The SMILES string of the molecule is Cc1ccc(S(=O)(=O)n2c(C3(C(F)(F)F)CCC3)nc3ccccc32)cc1. The van der Waals surface area contributed by atoms with Crippen LogP contribution in [0.1, 0.15) is 30.7 Å². The van der Waals surface area contributed by atoms with Crippen LogP contribution in [-0.4, -0.2) is 23.6 Å². The molecule has 0 radical (unpaired) electrons. The summed E-state index contributed by atoms with van der Waals surface area (Å²) >= 11 is 0. The number of fused-ring (bicyclic) bond motifs is 1. The van der Waals surface area contributed by atoms with Crippen molar-refractivity contribution in [2.45, 2.75) is 42.7 Å². The zero-order valence-corrected chi connectivity index (χ0v) is 15.3. The van der Waals surface area contributed by atoms with E-state index in [1.54, 1.807) is 31.2 Å². The van der Waals surface area contributed by atoms with Gasteiger partial charge in [0.05, 0.1) is 15.9 Å². The molecule has 0 amide bonds. The van der Waals surface area contributed by atoms with Gasteiger partial charge in [-0.05, 0) is 44.0 Å². The van der Waals surface area contributed by atoms with Gasteiger partial charge in [-0.3, -0.25) is 0 Å². The Hall–Kier alpha value is -2.35. The minimum absolute atomic E-state index is 0.0610. The third kappa shape index (κ3) is 2.57. The van der Waals surface area contributed by atoms with Crippen LogP contribution in [0.15, 0.2) is 53.4 Å². The van der Waals surface area contributed by atoms with Crippen LogP contribution in [0.4, 0.5) is 13.2 Å². The zero-order chi connectivity index (χ0) is 19.4. The van der Waals surface area contributed by atoms with E-state index < -0.39 is 27.4 Å². The number of rotatable bonds is 3. The molecular formula is C19H17F3N2O2S. The predicted molar refractivity (Wildman–Crippen MR) is 95.1 cm³/mol. The molecule has 142 valence electrons. The van der Waals surface area contributed by atoms with Crippen LogP contribution in [0.5, 0.6) is 0 Å². The van der Waals surface area contributed by atoms with E-state index in [-0.39, 0.29) is 28.8 Å². The molecule has 0 unspecified atom stereocenters. The molecule has 4 nitrogen and oxygen atoms in total. The lowest BCUT2D eigenvalue weighted by Crippen LogP contribution is -2.50. The van der Waals surface area contributed by atoms with Gasteiger partial charge in [-0.2, -0.15) is 13.2 Å². The van der Waals surface area contributed by atoms with Crippen molar-refractivity contribution < 1.29 is 21.6 Å². The summed E-state index contributed by atoms with van der Waals surface area (Å²) in [6.07, 6.45) is -4.52. The number of nitrogens with zero attached hydrogens (tertiary/aromatic N) is 2. The fourth-order valence-electron chi connectivity index (χ4n) is 3.53. The average molecular weight is 394 g/mol. The summed E-state index contributed by atoms with van der Waals surface area (Å²) in [6.45, 7) is 1.81. The lowest BCUT2D eigenvalue weighted by molar-refractivity contribution is -0.215. The molecule has 1 fully saturated rings. The molecule has 27 heavy (non-hydrogen) atoms. The van der Waals surface area contributed by atoms with E-state index in [1.165, 1.54) is 24.3 Å². The van der Waals surface area contributed by atoms with Crippen molar-refractivity contribution in [2.75, 3.05) is 0 Å². The van der Waals surface area contributed by atoms with E-state index >= 15 is 0 Å². The minimum Gasteiger partial charge on any atom is -0.231 e. The van der Waals surface area contributed by atoms with Crippen LogP contribution in [0.2, 0.25) is 0 Å². The Balaban J connectivity index is 2.04. The molecule has 0 spiro atoms. The topological polar surface area (TPSA) is 52.0 Å². The number of imidazole rings is 1. The van der Waals surface area contributed by atoms with Crippen molar-refractivity contribution >= 4 is 21.1 Å². The van der Waals surface area contributed by atoms with Gasteiger partial charge in [0.15, 0.2) is 0 Å². The molecule has 1 aliphatic rings. The van der Waals surface area contributed by atoms with Gasteiger partial charge in [-0.1, -0.05) is 36.2 Å². The van der Waals surface area contributed by atoms with Crippen LogP contribution >= 0.6 is 0 Å². The number of aromatic nitrogens is 2. The first kappa shape index (κ1) is 18.0. The summed E-state index contributed by atoms with van der Waals surface area (Å²) in [7, 11) is -4.24. The first-order valence-corrected chi connectivity index (χ1v) is 9.98. The van der Waals surface area contributed by atoms with Gasteiger partial charge < -0.3 is 0 Å². The first-order valence-electron chi connectivity index (χ1n) is 8.54. The monoisotopic (exact) mass is 394 g/mol. The van der Waals surface area contributed by atoms with E-state index in [4.69, 9.17) is 0 Å². The summed E-state index contributed by atoms with van der Waals surface area (Å²) in [4.78, 5) is 4.09. The molecule has 1 aliphatic carbocycles. The number of alkyl halides is 3. The second kappa shape index (κ2) is 5.82. The van der Waals surface area contributed by atoms with Gasteiger partial charge in [0.1, 0.15) is 11.2 Å². The van der Waals surface area contributed by atoms with E-state index in [0.29, 0.717) is 6.42 Å². The maximum atomic E-state index is 13.9. The van der Waals surface area contributed by atoms with Crippen molar-refractivity contribution in [3.05, 3.63) is 59.9 Å². The Morgan fingerprint density at radius 1 is 1.04 bits per heavy atom. The molecule has 4 rings (SSSR count). The molecule has 3 aromatic rings. The molecular weight excluding hydrogens is 377 g/mol. The quantitative estimate of drug-likeness (QED) is 0.654. The number of halogens is 3. The van der Waals surface area contributed by atoms with E-state index in [9.17, 15) is 21.6 Å². The molecule has 0 aliphatic heterocycles. The van der Waals surface area contributed by atoms with Gasteiger partial charge in [-0.15, -0.1) is 0 Å². The van der Waals surface area contributed by atoms with Crippen molar-refractivity contribution in [2.24, 2.45) is 0 Å². The van der Waals surface area contributed by atoms with Crippen LogP contribution < -0.4 is 0 Å². The van der Waals surface area contributed by atoms with E-state index in [2.05, 4.69) is 4.98 Å². The molecule has 0 atom stereocenters. The Morgan fingerprint density at radius 3 is 2.22 bits per heavy atom. The van der Waals surface area contributed by atoms with Crippen LogP contribution in [-0.2, 0) is 15.4 Å². The largest absolute Gasteiger partial charge is 0.401 e. The van der Waals surface area contributed by atoms with Crippen molar-refractivity contribution in [1.29, 1.82) is 0 Å². The number of aryl methyl sites for hydroxylation is 1. The van der Waals surface area contributed by atoms with E-state index in [1.807, 2.05) is 0 Å². The van der Waals surface area contributed by atoms with Crippen molar-refractivity contribution in [3.8, 4) is 0 Å². The highest BCUT2D eigenvalue weighted by atomic mass is 32.2. The summed E-state index contributed by atoms with van der Waals surface area (Å²) in [5.74, 6) is -0.442. The summed E-state index contributed by atoms with van der Waals surface area (Å²) in [6, 6.07) is 12.3. The molecule has 8 heteroatoms. The Morgan fingerprint density at radius 2 is 1.67 bits per heavy atom. The lowest BCUT2D eigenvalue weighted by atomic mass is 9.67. The molecule has 1 heterocycles. The third-order valence-electron chi connectivity index (χ3n) is 5.26. The highest BCUT2D eigenvalue weighted by Crippen LogP contribution is 2.55. The molecule has 0 saturated heterocycles. The second-order valence-corrected chi connectivity index (χ2v) is 8.73. The number of benzene rings is 2. The average Bonchev–Trinajstić information content (AvgIpc) is 2.92. The fraction of sp³-hybridized carbons (Fsp3) is 0.316. The molecule has 0 bridgehead atoms. The number of para-hydroxylation sites is 2. The highest BCUT2D eigenvalue weighted by Gasteiger charge is 2.62. The Bertz CT molecular complexity index is 1110. The Labute approximate surface area is 154 Å². The maximum absolute atomic E-state index is 13.9.